The van der Waals surface area contributed by atoms with Gasteiger partial charge in [-0.3, -0.25) is 0 Å². The van der Waals surface area contributed by atoms with Crippen molar-refractivity contribution in [3.05, 3.63) is 12.4 Å². The van der Waals surface area contributed by atoms with Crippen molar-refractivity contribution in [1.29, 1.82) is 0 Å². The Hall–Kier alpha value is 0.690. The molecule has 0 aliphatic rings. The van der Waals surface area contributed by atoms with Gasteiger partial charge in [-0.05, 0) is 10.6 Å². The average Bonchev–Trinajstić information content (AvgIpc) is 1.66. The summed E-state index contributed by atoms with van der Waals surface area (Å²) in [7, 11) is -2.83. The maximum absolute atomic E-state index is 11.0. The fourth-order valence-electron chi connectivity index (χ4n) is 0.140. The van der Waals surface area contributed by atoms with E-state index in [0.717, 1.165) is 6.08 Å². The van der Waals surface area contributed by atoms with Gasteiger partial charge in [-0.1, -0.05) is 0 Å². The Kier molecular flexibility index (Phi) is 11.9. The molecule has 0 aromatic rings. The molecule has 46 valence electrons. The third kappa shape index (κ3) is 12.0. The average molecular weight is 161 g/mol. The minimum atomic E-state index is -2.83. The van der Waals surface area contributed by atoms with Gasteiger partial charge in [0.05, 0.1) is 6.33 Å². The van der Waals surface area contributed by atoms with Gasteiger partial charge >= 0.3 is 37.8 Å². The second kappa shape index (κ2) is 8.69. The predicted octanol–water partition coefficient (Wildman–Crippen LogP) is -2.49. The third-order valence-electron chi connectivity index (χ3n) is 0.365. The molecule has 0 aliphatic carbocycles. The summed E-state index contributed by atoms with van der Waals surface area (Å²) < 4.78 is 24.4. The molecule has 0 amide bonds. The van der Waals surface area contributed by atoms with Gasteiger partial charge < -0.3 is 4.89 Å². The van der Waals surface area contributed by atoms with Crippen LogP contribution >= 0.6 is 8.25 Å². The Balaban J connectivity index is 0. The molecule has 0 radical (unpaired) electrons. The molecule has 0 fully saturated rings. The Bertz CT molecular complexity index is 107. The van der Waals surface area contributed by atoms with Gasteiger partial charge in [0.2, 0.25) is 0 Å². The Labute approximate surface area is 75.1 Å². The molecular weight excluding hydrogens is 157 g/mol. The quantitative estimate of drug-likeness (QED) is 0.340. The van der Waals surface area contributed by atoms with Gasteiger partial charge in [-0.25, -0.2) is 4.39 Å². The van der Waals surface area contributed by atoms with E-state index < -0.39 is 8.25 Å². The molecule has 1 atom stereocenters. The van der Waals surface area contributed by atoms with Gasteiger partial charge in [0.15, 0.2) is 0 Å². The topological polar surface area (TPSA) is 49.4 Å². The van der Waals surface area contributed by atoms with E-state index in [2.05, 4.69) is 4.52 Å². The second-order valence-electron chi connectivity index (χ2n) is 0.881. The van der Waals surface area contributed by atoms with Crippen LogP contribution in [0.3, 0.4) is 0 Å². The summed E-state index contributed by atoms with van der Waals surface area (Å²) in [4.78, 5) is 9.53. The molecule has 0 rings (SSSR count). The minimum absolute atomic E-state index is 0. The van der Waals surface area contributed by atoms with E-state index in [9.17, 15) is 13.8 Å². The zero-order valence-electron chi connectivity index (χ0n) is 4.91. The third-order valence-corrected chi connectivity index (χ3v) is 0.725. The first-order valence-electron chi connectivity index (χ1n) is 1.80. The first kappa shape index (κ1) is 12.4. The van der Waals surface area contributed by atoms with Crippen molar-refractivity contribution in [2.45, 2.75) is 0 Å². The Morgan fingerprint density at radius 2 is 2.33 bits per heavy atom. The molecule has 3 nitrogen and oxygen atoms in total. The second-order valence-corrected chi connectivity index (χ2v) is 1.59. The molecule has 1 unspecified atom stereocenters. The monoisotopic (exact) mass is 161 g/mol. The maximum atomic E-state index is 11.0. The standard InChI is InChI=1S/C3H4FO3P.Na/c4-2-1-3-7-8(5)6;/h1-2H,3H2;/q;+1. The predicted molar refractivity (Wildman–Crippen MR) is 23.8 cm³/mol. The van der Waals surface area contributed by atoms with Crippen molar-refractivity contribution in [3.63, 3.8) is 0 Å². The van der Waals surface area contributed by atoms with E-state index in [4.69, 9.17) is 0 Å². The first-order valence-corrected chi connectivity index (χ1v) is 2.89. The van der Waals surface area contributed by atoms with Crippen LogP contribution < -0.4 is 34.5 Å². The number of rotatable bonds is 3. The fourth-order valence-corrected chi connectivity index (χ4v) is 0.348. The van der Waals surface area contributed by atoms with E-state index >= 15 is 0 Å². The van der Waals surface area contributed by atoms with Gasteiger partial charge in [0.1, 0.15) is 6.61 Å². The number of hydrogen-bond donors (Lipinski definition) is 0. The van der Waals surface area contributed by atoms with Crippen molar-refractivity contribution >= 4 is 8.25 Å². The zero-order valence-corrected chi connectivity index (χ0v) is 7.81. The number of halogens is 1. The van der Waals surface area contributed by atoms with Crippen LogP contribution in [0.4, 0.5) is 4.39 Å². The zero-order chi connectivity index (χ0) is 6.41. The molecule has 0 N–H and O–H groups in total. The van der Waals surface area contributed by atoms with Crippen LogP contribution in [0.1, 0.15) is 0 Å². The van der Waals surface area contributed by atoms with Crippen LogP contribution in [0.2, 0.25) is 0 Å². The van der Waals surface area contributed by atoms with Crippen LogP contribution in [0, 0.1) is 0 Å². The van der Waals surface area contributed by atoms with E-state index in [1.807, 2.05) is 0 Å². The van der Waals surface area contributed by atoms with E-state index in [-0.39, 0.29) is 42.5 Å². The van der Waals surface area contributed by atoms with Crippen molar-refractivity contribution in [2.75, 3.05) is 6.61 Å². The fraction of sp³-hybridized carbons (Fsp3) is 0.333. The molecule has 6 heteroatoms. The van der Waals surface area contributed by atoms with Crippen molar-refractivity contribution in [2.24, 2.45) is 0 Å². The van der Waals surface area contributed by atoms with Gasteiger partial charge in [-0.2, -0.15) is 0 Å². The molecule has 9 heavy (non-hydrogen) atoms. The van der Waals surface area contributed by atoms with Crippen LogP contribution in [0.15, 0.2) is 12.4 Å². The SMILES string of the molecule is O=[P+]([O-])OCC=CF.[Na+]. The first-order chi connectivity index (χ1) is 3.77. The molecule has 0 aromatic carbocycles. The summed E-state index contributed by atoms with van der Waals surface area (Å²) in [5.74, 6) is 0. The van der Waals surface area contributed by atoms with Gasteiger partial charge in [0, 0.05) is 0 Å². The van der Waals surface area contributed by atoms with Crippen molar-refractivity contribution in [3.8, 4) is 0 Å². The molecule has 0 heterocycles. The molecule has 0 spiro atoms. The summed E-state index contributed by atoms with van der Waals surface area (Å²) >= 11 is 0. The van der Waals surface area contributed by atoms with Crippen molar-refractivity contribution in [1.82, 2.24) is 0 Å². The van der Waals surface area contributed by atoms with Gasteiger partial charge in [0.25, 0.3) is 0 Å². The summed E-state index contributed by atoms with van der Waals surface area (Å²) in [6, 6.07) is 0. The minimum Gasteiger partial charge on any atom is -0.566 e. The van der Waals surface area contributed by atoms with Gasteiger partial charge in [-0.15, -0.1) is 4.52 Å². The Morgan fingerprint density at radius 1 is 1.78 bits per heavy atom. The van der Waals surface area contributed by atoms with Crippen molar-refractivity contribution < 1.29 is 47.9 Å². The van der Waals surface area contributed by atoms with Crippen LogP contribution in [0.25, 0.3) is 0 Å². The largest absolute Gasteiger partial charge is 1.00 e. The number of hydrogen-bond acceptors (Lipinski definition) is 3. The normalized spacial score (nSPS) is 11.1. The molecule has 0 aromatic heterocycles. The van der Waals surface area contributed by atoms with Crippen LogP contribution in [-0.4, -0.2) is 6.61 Å². The van der Waals surface area contributed by atoms with E-state index in [1.165, 1.54) is 0 Å². The molecule has 0 saturated heterocycles. The van der Waals surface area contributed by atoms with Crippen LogP contribution in [0.5, 0.6) is 0 Å². The van der Waals surface area contributed by atoms with E-state index in [1.54, 1.807) is 0 Å². The summed E-state index contributed by atoms with van der Waals surface area (Å²) in [5, 5.41) is 0. The summed E-state index contributed by atoms with van der Waals surface area (Å²) in [5.41, 5.74) is 0. The molecule has 0 aliphatic heterocycles. The molecule has 0 bridgehead atoms. The molecular formula is C3H4FNaO3P+. The summed E-state index contributed by atoms with van der Waals surface area (Å²) in [6.07, 6.45) is 1.17. The van der Waals surface area contributed by atoms with Crippen LogP contribution in [-0.2, 0) is 9.09 Å². The smallest absolute Gasteiger partial charge is 0.566 e. The van der Waals surface area contributed by atoms with E-state index in [0.29, 0.717) is 0 Å². The molecule has 0 saturated carbocycles. The Morgan fingerprint density at radius 3 is 2.67 bits per heavy atom. The maximum Gasteiger partial charge on any atom is 1.00 e. The summed E-state index contributed by atoms with van der Waals surface area (Å²) in [6.45, 7) is -0.227.